The molecule has 0 aliphatic heterocycles. The average molecular weight is 309 g/mol. The molecule has 5 heteroatoms. The number of hydrogen-bond donors (Lipinski definition) is 1. The van der Waals surface area contributed by atoms with Crippen molar-refractivity contribution in [2.24, 2.45) is 7.05 Å². The largest absolute Gasteiger partial charge is 0.305 e. The first kappa shape index (κ1) is 13.2. The summed E-state index contributed by atoms with van der Waals surface area (Å²) in [6.45, 7) is 4.92. The molecule has 0 fully saturated rings. The first-order valence-corrected chi connectivity index (χ1v) is 6.70. The number of pyridine rings is 1. The predicted molar refractivity (Wildman–Crippen MR) is 75.1 cm³/mol. The van der Waals surface area contributed by atoms with Gasteiger partial charge in [0.1, 0.15) is 0 Å². The van der Waals surface area contributed by atoms with Crippen molar-refractivity contribution < 1.29 is 0 Å². The van der Waals surface area contributed by atoms with Gasteiger partial charge in [0, 0.05) is 32.0 Å². The Hall–Kier alpha value is -1.20. The van der Waals surface area contributed by atoms with Crippen molar-refractivity contribution >= 4 is 15.9 Å². The third kappa shape index (κ3) is 2.79. The van der Waals surface area contributed by atoms with Gasteiger partial charge < -0.3 is 5.32 Å². The quantitative estimate of drug-likeness (QED) is 0.944. The molecule has 0 aromatic carbocycles. The molecular weight excluding hydrogens is 292 g/mol. The van der Waals surface area contributed by atoms with Crippen LogP contribution in [0.2, 0.25) is 0 Å². The molecule has 4 nitrogen and oxygen atoms in total. The van der Waals surface area contributed by atoms with Crippen molar-refractivity contribution in [2.45, 2.75) is 26.4 Å². The second-order valence-electron chi connectivity index (χ2n) is 4.35. The van der Waals surface area contributed by atoms with Gasteiger partial charge in [-0.1, -0.05) is 0 Å². The van der Waals surface area contributed by atoms with Crippen molar-refractivity contribution in [1.82, 2.24) is 20.1 Å². The normalized spacial score (nSPS) is 12.7. The van der Waals surface area contributed by atoms with Gasteiger partial charge in [0.15, 0.2) is 0 Å². The van der Waals surface area contributed by atoms with Crippen LogP contribution in [0.5, 0.6) is 0 Å². The summed E-state index contributed by atoms with van der Waals surface area (Å²) in [5.41, 5.74) is 3.42. The summed E-state index contributed by atoms with van der Waals surface area (Å²) in [6.07, 6.45) is 3.63. The van der Waals surface area contributed by atoms with Crippen LogP contribution in [0.25, 0.3) is 0 Å². The summed E-state index contributed by atoms with van der Waals surface area (Å²) < 4.78 is 2.99. The van der Waals surface area contributed by atoms with Gasteiger partial charge in [-0.05, 0) is 47.5 Å². The summed E-state index contributed by atoms with van der Waals surface area (Å²) in [5, 5.41) is 7.87. The summed E-state index contributed by atoms with van der Waals surface area (Å²) in [4.78, 5) is 4.03. The number of halogens is 1. The zero-order valence-corrected chi connectivity index (χ0v) is 12.4. The van der Waals surface area contributed by atoms with Gasteiger partial charge in [-0.2, -0.15) is 5.10 Å². The highest BCUT2D eigenvalue weighted by Gasteiger charge is 2.12. The maximum atomic E-state index is 4.38. The molecule has 18 heavy (non-hydrogen) atoms. The monoisotopic (exact) mass is 308 g/mol. The molecule has 1 unspecified atom stereocenters. The van der Waals surface area contributed by atoms with Crippen LogP contribution in [0.15, 0.2) is 29.0 Å². The Bertz CT molecular complexity index is 521. The smallest absolute Gasteiger partial charge is 0.0739 e. The molecule has 0 aliphatic carbocycles. The Balaban J connectivity index is 2.04. The summed E-state index contributed by atoms with van der Waals surface area (Å²) in [5.74, 6) is 0. The van der Waals surface area contributed by atoms with Gasteiger partial charge in [-0.3, -0.25) is 9.67 Å². The van der Waals surface area contributed by atoms with Crippen molar-refractivity contribution in [1.29, 1.82) is 0 Å². The van der Waals surface area contributed by atoms with E-state index in [2.05, 4.69) is 38.3 Å². The van der Waals surface area contributed by atoms with Crippen LogP contribution < -0.4 is 5.32 Å². The second-order valence-corrected chi connectivity index (χ2v) is 5.15. The Morgan fingerprint density at radius 3 is 2.61 bits per heavy atom. The lowest BCUT2D eigenvalue weighted by molar-refractivity contribution is 0.546. The Kier molecular flexibility index (Phi) is 4.14. The number of aromatic nitrogens is 3. The maximum Gasteiger partial charge on any atom is 0.0739 e. The number of nitrogens with zero attached hydrogens (tertiary/aromatic N) is 3. The predicted octanol–water partition coefficient (Wildman–Crippen LogP) is 2.74. The van der Waals surface area contributed by atoms with E-state index < -0.39 is 0 Å². The Morgan fingerprint density at radius 2 is 2.06 bits per heavy atom. The zero-order valence-electron chi connectivity index (χ0n) is 10.8. The molecule has 2 heterocycles. The highest BCUT2D eigenvalue weighted by atomic mass is 79.9. The van der Waals surface area contributed by atoms with Crippen molar-refractivity contribution in [3.05, 3.63) is 46.0 Å². The number of hydrogen-bond acceptors (Lipinski definition) is 3. The van der Waals surface area contributed by atoms with E-state index in [4.69, 9.17) is 0 Å². The minimum Gasteiger partial charge on any atom is -0.305 e. The molecule has 96 valence electrons. The van der Waals surface area contributed by atoms with E-state index in [1.165, 1.54) is 5.56 Å². The highest BCUT2D eigenvalue weighted by Crippen LogP contribution is 2.21. The van der Waals surface area contributed by atoms with Crippen LogP contribution in [-0.2, 0) is 13.6 Å². The Labute approximate surface area is 116 Å². The van der Waals surface area contributed by atoms with Gasteiger partial charge in [0.2, 0.25) is 0 Å². The molecule has 2 aromatic rings. The molecule has 0 bridgehead atoms. The third-order valence-electron chi connectivity index (χ3n) is 3.04. The van der Waals surface area contributed by atoms with E-state index in [1.54, 1.807) is 0 Å². The highest BCUT2D eigenvalue weighted by molar-refractivity contribution is 9.10. The fraction of sp³-hybridized carbons (Fsp3) is 0.385. The van der Waals surface area contributed by atoms with Crippen LogP contribution in [0.3, 0.4) is 0 Å². The molecular formula is C13H17BrN4. The van der Waals surface area contributed by atoms with E-state index in [1.807, 2.05) is 43.2 Å². The minimum atomic E-state index is 0.287. The van der Waals surface area contributed by atoms with Gasteiger partial charge in [-0.15, -0.1) is 0 Å². The summed E-state index contributed by atoms with van der Waals surface area (Å²) in [7, 11) is 1.96. The molecule has 1 atom stereocenters. The first-order valence-electron chi connectivity index (χ1n) is 5.91. The number of rotatable bonds is 4. The molecule has 0 aliphatic rings. The van der Waals surface area contributed by atoms with Crippen molar-refractivity contribution in [3.8, 4) is 0 Å². The van der Waals surface area contributed by atoms with E-state index in [9.17, 15) is 0 Å². The van der Waals surface area contributed by atoms with E-state index in [0.717, 1.165) is 22.4 Å². The van der Waals surface area contributed by atoms with Crippen LogP contribution >= 0.6 is 15.9 Å². The lowest BCUT2D eigenvalue weighted by Gasteiger charge is -2.14. The topological polar surface area (TPSA) is 42.7 Å². The molecule has 0 saturated heterocycles. The lowest BCUT2D eigenvalue weighted by Crippen LogP contribution is -2.20. The van der Waals surface area contributed by atoms with E-state index >= 15 is 0 Å². The molecule has 0 radical (unpaired) electrons. The van der Waals surface area contributed by atoms with Gasteiger partial charge in [-0.25, -0.2) is 0 Å². The van der Waals surface area contributed by atoms with Crippen LogP contribution in [-0.4, -0.2) is 14.8 Å². The fourth-order valence-electron chi connectivity index (χ4n) is 1.89. The third-order valence-corrected chi connectivity index (χ3v) is 4.07. The fourth-order valence-corrected chi connectivity index (χ4v) is 2.37. The van der Waals surface area contributed by atoms with Crippen LogP contribution in [0.1, 0.15) is 29.9 Å². The number of nitrogens with one attached hydrogen (secondary N) is 1. The molecule has 0 spiro atoms. The Morgan fingerprint density at radius 1 is 1.39 bits per heavy atom. The molecule has 2 aromatic heterocycles. The molecule has 0 amide bonds. The SMILES string of the molecule is Cc1nn(C)c(CNC(C)c2ccncc2)c1Br. The second kappa shape index (κ2) is 5.63. The van der Waals surface area contributed by atoms with E-state index in [-0.39, 0.29) is 6.04 Å². The standard InChI is InChI=1S/C13H17BrN4/c1-9(11-4-6-15-7-5-11)16-8-12-13(14)10(2)17-18(12)3/h4-7,9,16H,8H2,1-3H3. The van der Waals surface area contributed by atoms with E-state index in [0.29, 0.717) is 0 Å². The minimum absolute atomic E-state index is 0.287. The van der Waals surface area contributed by atoms with Crippen molar-refractivity contribution in [3.63, 3.8) is 0 Å². The van der Waals surface area contributed by atoms with Gasteiger partial charge in [0.05, 0.1) is 15.9 Å². The van der Waals surface area contributed by atoms with Gasteiger partial charge in [0.25, 0.3) is 0 Å². The summed E-state index contributed by atoms with van der Waals surface area (Å²) >= 11 is 3.57. The summed E-state index contributed by atoms with van der Waals surface area (Å²) in [6, 6.07) is 4.35. The molecule has 2 rings (SSSR count). The zero-order chi connectivity index (χ0) is 13.1. The maximum absolute atomic E-state index is 4.38. The van der Waals surface area contributed by atoms with Crippen LogP contribution in [0, 0.1) is 6.92 Å². The number of aryl methyl sites for hydroxylation is 2. The lowest BCUT2D eigenvalue weighted by atomic mass is 10.1. The molecule has 1 N–H and O–H groups in total. The van der Waals surface area contributed by atoms with Gasteiger partial charge >= 0.3 is 0 Å². The first-order chi connectivity index (χ1) is 8.59. The van der Waals surface area contributed by atoms with Crippen LogP contribution in [0.4, 0.5) is 0 Å². The molecule has 0 saturated carbocycles. The van der Waals surface area contributed by atoms with Crippen molar-refractivity contribution in [2.75, 3.05) is 0 Å². The average Bonchev–Trinajstić information content (AvgIpc) is 2.62.